The van der Waals surface area contributed by atoms with E-state index in [0.29, 0.717) is 29.7 Å². The van der Waals surface area contributed by atoms with Crippen LogP contribution < -0.4 is 10.5 Å². The van der Waals surface area contributed by atoms with E-state index in [-0.39, 0.29) is 6.10 Å². The molecule has 0 fully saturated rings. The molecule has 0 aliphatic carbocycles. The van der Waals surface area contributed by atoms with E-state index in [2.05, 4.69) is 0 Å². The molecule has 1 aromatic rings. The van der Waals surface area contributed by atoms with Gasteiger partial charge in [-0.2, -0.15) is 0 Å². The summed E-state index contributed by atoms with van der Waals surface area (Å²) in [5.74, 6) is 0.606. The minimum atomic E-state index is 0.213. The van der Waals surface area contributed by atoms with Crippen molar-refractivity contribution >= 4 is 17.3 Å². The third kappa shape index (κ3) is 3.98. The normalized spacial score (nSPS) is 10.7. The molecule has 0 saturated heterocycles. The maximum Gasteiger partial charge on any atom is 0.143 e. The summed E-state index contributed by atoms with van der Waals surface area (Å²) >= 11 is 5.84. The molecule has 0 amide bonds. The monoisotopic (exact) mass is 229 g/mol. The lowest BCUT2D eigenvalue weighted by Crippen LogP contribution is -2.11. The molecule has 1 rings (SSSR count). The van der Waals surface area contributed by atoms with E-state index in [1.54, 1.807) is 18.2 Å². The summed E-state index contributed by atoms with van der Waals surface area (Å²) in [6, 6.07) is 5.32. The first-order chi connectivity index (χ1) is 7.11. The van der Waals surface area contributed by atoms with E-state index >= 15 is 0 Å². The average molecular weight is 230 g/mol. The Morgan fingerprint density at radius 2 is 2.07 bits per heavy atom. The number of hydrogen-bond acceptors (Lipinski definition) is 3. The highest BCUT2D eigenvalue weighted by atomic mass is 35.5. The molecule has 15 heavy (non-hydrogen) atoms. The van der Waals surface area contributed by atoms with Crippen LogP contribution in [0.2, 0.25) is 5.02 Å². The van der Waals surface area contributed by atoms with E-state index in [4.69, 9.17) is 26.8 Å². The Morgan fingerprint density at radius 3 is 2.73 bits per heavy atom. The van der Waals surface area contributed by atoms with E-state index in [9.17, 15) is 0 Å². The molecule has 0 spiro atoms. The van der Waals surface area contributed by atoms with E-state index in [1.807, 2.05) is 13.8 Å². The van der Waals surface area contributed by atoms with Crippen molar-refractivity contribution in [2.24, 2.45) is 0 Å². The van der Waals surface area contributed by atoms with Crippen LogP contribution >= 0.6 is 11.6 Å². The second kappa shape index (κ2) is 5.83. The zero-order valence-electron chi connectivity index (χ0n) is 9.00. The van der Waals surface area contributed by atoms with Crippen molar-refractivity contribution in [3.63, 3.8) is 0 Å². The van der Waals surface area contributed by atoms with Crippen LogP contribution in [0.3, 0.4) is 0 Å². The van der Waals surface area contributed by atoms with Gasteiger partial charge in [0, 0.05) is 0 Å². The smallest absolute Gasteiger partial charge is 0.143 e. The molecule has 0 unspecified atom stereocenters. The molecule has 3 nitrogen and oxygen atoms in total. The fourth-order valence-corrected chi connectivity index (χ4v) is 1.24. The number of halogens is 1. The number of anilines is 1. The van der Waals surface area contributed by atoms with Gasteiger partial charge >= 0.3 is 0 Å². The van der Waals surface area contributed by atoms with Crippen LogP contribution in [-0.4, -0.2) is 19.3 Å². The SMILES string of the molecule is CC(C)OCCOc1cccc(Cl)c1N. The molecule has 0 aliphatic heterocycles. The van der Waals surface area contributed by atoms with Crippen LogP contribution in [0, 0.1) is 0 Å². The second-order valence-corrected chi connectivity index (χ2v) is 3.83. The first kappa shape index (κ1) is 12.1. The van der Waals surface area contributed by atoms with E-state index < -0.39 is 0 Å². The number of hydrogen-bond donors (Lipinski definition) is 1. The Labute approximate surface area is 95.1 Å². The number of nitrogen functional groups attached to an aromatic ring is 1. The summed E-state index contributed by atoms with van der Waals surface area (Å²) < 4.78 is 10.8. The van der Waals surface area contributed by atoms with Gasteiger partial charge in [-0.3, -0.25) is 0 Å². The van der Waals surface area contributed by atoms with Crippen LogP contribution in [-0.2, 0) is 4.74 Å². The molecule has 0 aliphatic rings. The molecule has 1 aromatic carbocycles. The summed E-state index contributed by atoms with van der Waals surface area (Å²) in [7, 11) is 0. The fraction of sp³-hybridized carbons (Fsp3) is 0.455. The Balaban J connectivity index is 2.41. The van der Waals surface area contributed by atoms with Crippen LogP contribution in [0.4, 0.5) is 5.69 Å². The summed E-state index contributed by atoms with van der Waals surface area (Å²) in [6.45, 7) is 4.98. The maximum absolute atomic E-state index is 5.84. The van der Waals surface area contributed by atoms with Gasteiger partial charge in [0.05, 0.1) is 23.4 Å². The van der Waals surface area contributed by atoms with Gasteiger partial charge < -0.3 is 15.2 Å². The van der Waals surface area contributed by atoms with Crippen LogP contribution in [0.15, 0.2) is 18.2 Å². The van der Waals surface area contributed by atoms with Crippen LogP contribution in [0.25, 0.3) is 0 Å². The number of benzene rings is 1. The zero-order valence-corrected chi connectivity index (χ0v) is 9.75. The molecule has 0 atom stereocenters. The molecule has 0 radical (unpaired) electrons. The van der Waals surface area contributed by atoms with Gasteiger partial charge in [0.1, 0.15) is 12.4 Å². The van der Waals surface area contributed by atoms with E-state index in [0.717, 1.165) is 0 Å². The second-order valence-electron chi connectivity index (χ2n) is 3.42. The number of nitrogens with two attached hydrogens (primary N) is 1. The van der Waals surface area contributed by atoms with Crippen molar-refractivity contribution in [2.45, 2.75) is 20.0 Å². The van der Waals surface area contributed by atoms with Crippen molar-refractivity contribution in [3.05, 3.63) is 23.2 Å². The molecular weight excluding hydrogens is 214 g/mol. The topological polar surface area (TPSA) is 44.5 Å². The Kier molecular flexibility index (Phi) is 4.72. The first-order valence-electron chi connectivity index (χ1n) is 4.89. The number of para-hydroxylation sites is 1. The fourth-order valence-electron chi connectivity index (χ4n) is 1.08. The van der Waals surface area contributed by atoms with Crippen molar-refractivity contribution in [2.75, 3.05) is 18.9 Å². The summed E-state index contributed by atoms with van der Waals surface area (Å²) in [5, 5.41) is 0.511. The third-order valence-corrected chi connectivity index (χ3v) is 2.13. The minimum Gasteiger partial charge on any atom is -0.489 e. The Bertz CT molecular complexity index is 315. The number of ether oxygens (including phenoxy) is 2. The van der Waals surface area contributed by atoms with Gasteiger partial charge in [-0.05, 0) is 26.0 Å². The highest BCUT2D eigenvalue weighted by Gasteiger charge is 2.03. The lowest BCUT2D eigenvalue weighted by molar-refractivity contribution is 0.0554. The quantitative estimate of drug-likeness (QED) is 0.624. The standard InChI is InChI=1S/C11H16ClNO2/c1-8(2)14-6-7-15-10-5-3-4-9(12)11(10)13/h3-5,8H,6-7,13H2,1-2H3. The van der Waals surface area contributed by atoms with Gasteiger partial charge in [-0.1, -0.05) is 17.7 Å². The van der Waals surface area contributed by atoms with E-state index in [1.165, 1.54) is 0 Å². The van der Waals surface area contributed by atoms with Gasteiger partial charge in [0.25, 0.3) is 0 Å². The van der Waals surface area contributed by atoms with Gasteiger partial charge in [-0.25, -0.2) is 0 Å². The average Bonchev–Trinajstić information content (AvgIpc) is 2.18. The molecule has 84 valence electrons. The minimum absolute atomic E-state index is 0.213. The zero-order chi connectivity index (χ0) is 11.3. The molecule has 0 bridgehead atoms. The molecular formula is C11H16ClNO2. The van der Waals surface area contributed by atoms with Crippen LogP contribution in [0.5, 0.6) is 5.75 Å². The lowest BCUT2D eigenvalue weighted by atomic mass is 10.3. The summed E-state index contributed by atoms with van der Waals surface area (Å²) in [5.41, 5.74) is 6.20. The number of rotatable bonds is 5. The van der Waals surface area contributed by atoms with Gasteiger partial charge in [-0.15, -0.1) is 0 Å². The Hall–Kier alpha value is -0.930. The maximum atomic E-state index is 5.84. The summed E-state index contributed by atoms with van der Waals surface area (Å²) in [4.78, 5) is 0. The predicted molar refractivity (Wildman–Crippen MR) is 62.4 cm³/mol. The molecule has 0 saturated carbocycles. The largest absolute Gasteiger partial charge is 0.489 e. The first-order valence-corrected chi connectivity index (χ1v) is 5.27. The third-order valence-electron chi connectivity index (χ3n) is 1.80. The Morgan fingerprint density at radius 1 is 1.33 bits per heavy atom. The molecule has 4 heteroatoms. The molecule has 0 heterocycles. The van der Waals surface area contributed by atoms with Crippen molar-refractivity contribution in [3.8, 4) is 5.75 Å². The molecule has 0 aromatic heterocycles. The predicted octanol–water partition coefficient (Wildman–Crippen LogP) is 2.73. The van der Waals surface area contributed by atoms with Crippen molar-refractivity contribution < 1.29 is 9.47 Å². The highest BCUT2D eigenvalue weighted by Crippen LogP contribution is 2.28. The van der Waals surface area contributed by atoms with Gasteiger partial charge in [0.15, 0.2) is 0 Å². The van der Waals surface area contributed by atoms with Crippen molar-refractivity contribution in [1.82, 2.24) is 0 Å². The van der Waals surface area contributed by atoms with Crippen LogP contribution in [0.1, 0.15) is 13.8 Å². The molecule has 2 N–H and O–H groups in total. The summed E-state index contributed by atoms with van der Waals surface area (Å²) in [6.07, 6.45) is 0.213. The van der Waals surface area contributed by atoms with Gasteiger partial charge in [0.2, 0.25) is 0 Å². The lowest BCUT2D eigenvalue weighted by Gasteiger charge is -2.11. The highest BCUT2D eigenvalue weighted by molar-refractivity contribution is 6.33. The van der Waals surface area contributed by atoms with Crippen molar-refractivity contribution in [1.29, 1.82) is 0 Å².